The standard InChI is InChI=1S/C26H27N3O4/c1-26(2)32-16-21(24(33-26)18-12-8-5-9-13-18)29-22(17-10-6-4-7-11-17)19(14-27)20(15-28)23(29)25(30)31-3/h4-13,19-24H,16H2,1-3H3/t19-,20-,21+,22-,23+,24+/m1/s1. The van der Waals surface area contributed by atoms with Gasteiger partial charge in [-0.15, -0.1) is 0 Å². The summed E-state index contributed by atoms with van der Waals surface area (Å²) in [4.78, 5) is 15.0. The third-order valence-corrected chi connectivity index (χ3v) is 6.46. The van der Waals surface area contributed by atoms with E-state index in [0.29, 0.717) is 0 Å². The summed E-state index contributed by atoms with van der Waals surface area (Å²) in [7, 11) is 1.30. The highest BCUT2D eigenvalue weighted by molar-refractivity contribution is 5.77. The summed E-state index contributed by atoms with van der Waals surface area (Å²) in [6.07, 6.45) is -0.440. The Morgan fingerprint density at radius 2 is 1.58 bits per heavy atom. The van der Waals surface area contributed by atoms with Crippen molar-refractivity contribution in [2.75, 3.05) is 13.7 Å². The van der Waals surface area contributed by atoms with E-state index in [1.165, 1.54) is 7.11 Å². The van der Waals surface area contributed by atoms with E-state index < -0.39 is 47.8 Å². The highest BCUT2D eigenvalue weighted by Gasteiger charge is 2.58. The van der Waals surface area contributed by atoms with Crippen molar-refractivity contribution in [3.8, 4) is 12.1 Å². The topological polar surface area (TPSA) is 95.6 Å². The number of carbonyl (C=O) groups is 1. The molecule has 0 saturated carbocycles. The Morgan fingerprint density at radius 3 is 2.12 bits per heavy atom. The first-order valence-corrected chi connectivity index (χ1v) is 11.0. The van der Waals surface area contributed by atoms with Crippen LogP contribution in [0.1, 0.15) is 37.1 Å². The van der Waals surface area contributed by atoms with Crippen LogP contribution in [-0.4, -0.2) is 42.5 Å². The van der Waals surface area contributed by atoms with E-state index in [0.717, 1.165) is 11.1 Å². The lowest BCUT2D eigenvalue weighted by Gasteiger charge is -2.47. The first-order valence-electron chi connectivity index (χ1n) is 11.0. The average Bonchev–Trinajstić information content (AvgIpc) is 3.18. The summed E-state index contributed by atoms with van der Waals surface area (Å²) >= 11 is 0. The van der Waals surface area contributed by atoms with Crippen molar-refractivity contribution < 1.29 is 19.0 Å². The molecular weight excluding hydrogens is 418 g/mol. The maximum absolute atomic E-state index is 13.0. The van der Waals surface area contributed by atoms with Gasteiger partial charge in [-0.25, -0.2) is 0 Å². The Hall–Kier alpha value is -3.23. The molecule has 0 unspecified atom stereocenters. The minimum absolute atomic E-state index is 0.264. The number of methoxy groups -OCH3 is 1. The number of rotatable bonds is 4. The average molecular weight is 446 g/mol. The minimum Gasteiger partial charge on any atom is -0.468 e. The van der Waals surface area contributed by atoms with Gasteiger partial charge in [0, 0.05) is 0 Å². The van der Waals surface area contributed by atoms with Gasteiger partial charge in [0.15, 0.2) is 5.79 Å². The molecule has 0 N–H and O–H groups in total. The number of benzene rings is 2. The number of hydrogen-bond donors (Lipinski definition) is 0. The maximum atomic E-state index is 13.0. The lowest BCUT2D eigenvalue weighted by Crippen LogP contribution is -2.56. The van der Waals surface area contributed by atoms with Gasteiger partial charge in [-0.2, -0.15) is 10.5 Å². The second-order valence-corrected chi connectivity index (χ2v) is 8.81. The van der Waals surface area contributed by atoms with Gasteiger partial charge in [0.1, 0.15) is 12.1 Å². The lowest BCUT2D eigenvalue weighted by molar-refractivity contribution is -0.300. The van der Waals surface area contributed by atoms with Gasteiger partial charge in [-0.3, -0.25) is 9.69 Å². The summed E-state index contributed by atoms with van der Waals surface area (Å²) in [5.74, 6) is -2.97. The Balaban J connectivity index is 1.88. The number of hydrogen-bond acceptors (Lipinski definition) is 7. The number of nitrogens with zero attached hydrogens (tertiary/aromatic N) is 3. The molecule has 0 spiro atoms. The third-order valence-electron chi connectivity index (χ3n) is 6.46. The van der Waals surface area contributed by atoms with Gasteiger partial charge in [0.05, 0.1) is 49.8 Å². The first kappa shape index (κ1) is 22.9. The monoisotopic (exact) mass is 445 g/mol. The lowest BCUT2D eigenvalue weighted by atomic mass is 9.86. The van der Waals surface area contributed by atoms with E-state index in [9.17, 15) is 15.3 Å². The van der Waals surface area contributed by atoms with Gasteiger partial charge in [0.2, 0.25) is 0 Å². The van der Waals surface area contributed by atoms with Crippen LogP contribution in [0.3, 0.4) is 0 Å². The number of likely N-dealkylation sites (tertiary alicyclic amines) is 1. The molecule has 33 heavy (non-hydrogen) atoms. The van der Waals surface area contributed by atoms with Crippen LogP contribution in [0, 0.1) is 34.5 Å². The molecule has 4 rings (SSSR count). The molecule has 7 heteroatoms. The summed E-state index contributed by atoms with van der Waals surface area (Å²) in [5.41, 5.74) is 1.79. The van der Waals surface area contributed by atoms with Gasteiger partial charge in [-0.1, -0.05) is 60.7 Å². The van der Waals surface area contributed by atoms with Crippen LogP contribution in [0.2, 0.25) is 0 Å². The largest absolute Gasteiger partial charge is 0.468 e. The van der Waals surface area contributed by atoms with Crippen molar-refractivity contribution in [2.24, 2.45) is 11.8 Å². The molecule has 0 amide bonds. The zero-order valence-corrected chi connectivity index (χ0v) is 18.9. The molecule has 0 aliphatic carbocycles. The molecule has 2 aromatic rings. The van der Waals surface area contributed by atoms with Gasteiger partial charge >= 0.3 is 5.97 Å². The molecule has 2 saturated heterocycles. The molecule has 2 aliphatic heterocycles. The first-order chi connectivity index (χ1) is 15.9. The molecule has 0 radical (unpaired) electrons. The molecule has 0 aromatic heterocycles. The quantitative estimate of drug-likeness (QED) is 0.661. The van der Waals surface area contributed by atoms with Crippen molar-refractivity contribution in [2.45, 2.75) is 43.9 Å². The predicted octanol–water partition coefficient (Wildman–Crippen LogP) is 3.76. The van der Waals surface area contributed by atoms with E-state index in [4.69, 9.17) is 14.2 Å². The van der Waals surface area contributed by atoms with Crippen LogP contribution < -0.4 is 0 Å². The molecule has 6 atom stereocenters. The van der Waals surface area contributed by atoms with Crippen LogP contribution in [0.15, 0.2) is 60.7 Å². The highest BCUT2D eigenvalue weighted by Crippen LogP contribution is 2.49. The number of carbonyl (C=O) groups excluding carboxylic acids is 1. The summed E-state index contributed by atoms with van der Waals surface area (Å²) in [5, 5.41) is 20.1. The zero-order chi connectivity index (χ0) is 23.6. The second kappa shape index (κ2) is 9.33. The summed E-state index contributed by atoms with van der Waals surface area (Å²) < 4.78 is 17.6. The molecular formula is C26H27N3O4. The number of ether oxygens (including phenoxy) is 3. The van der Waals surface area contributed by atoms with Crippen molar-refractivity contribution in [1.82, 2.24) is 4.90 Å². The smallest absolute Gasteiger partial charge is 0.324 e. The van der Waals surface area contributed by atoms with Crippen LogP contribution in [0.4, 0.5) is 0 Å². The summed E-state index contributed by atoms with van der Waals surface area (Å²) in [6, 6.07) is 21.9. The van der Waals surface area contributed by atoms with E-state index in [1.807, 2.05) is 79.4 Å². The van der Waals surface area contributed by atoms with E-state index in [-0.39, 0.29) is 6.61 Å². The van der Waals surface area contributed by atoms with Crippen LogP contribution >= 0.6 is 0 Å². The molecule has 2 aromatic carbocycles. The fourth-order valence-corrected chi connectivity index (χ4v) is 5.04. The van der Waals surface area contributed by atoms with Crippen LogP contribution in [-0.2, 0) is 19.0 Å². The highest BCUT2D eigenvalue weighted by atomic mass is 16.7. The fourth-order valence-electron chi connectivity index (χ4n) is 5.04. The molecule has 7 nitrogen and oxygen atoms in total. The Kier molecular flexibility index (Phi) is 6.49. The zero-order valence-electron chi connectivity index (χ0n) is 18.9. The maximum Gasteiger partial charge on any atom is 0.324 e. The van der Waals surface area contributed by atoms with Crippen LogP contribution in [0.5, 0.6) is 0 Å². The SMILES string of the molecule is COC(=O)[C@@H]1[C@H](C#N)[C@@H](C#N)[C@@H](c2ccccc2)N1[C@H]1COC(C)(C)O[C@H]1c1ccccc1. The Bertz CT molecular complexity index is 1060. The van der Waals surface area contributed by atoms with Crippen molar-refractivity contribution >= 4 is 5.97 Å². The summed E-state index contributed by atoms with van der Waals surface area (Å²) in [6.45, 7) is 3.97. The van der Waals surface area contributed by atoms with Gasteiger partial charge in [0.25, 0.3) is 0 Å². The molecule has 0 bridgehead atoms. The van der Waals surface area contributed by atoms with E-state index >= 15 is 0 Å². The van der Waals surface area contributed by atoms with Crippen molar-refractivity contribution in [3.63, 3.8) is 0 Å². The van der Waals surface area contributed by atoms with E-state index in [2.05, 4.69) is 12.1 Å². The normalized spacial score (nSPS) is 31.3. The Labute approximate surface area is 194 Å². The minimum atomic E-state index is -0.931. The van der Waals surface area contributed by atoms with Gasteiger partial charge in [-0.05, 0) is 25.0 Å². The molecule has 2 aliphatic rings. The Morgan fingerprint density at radius 1 is 1.00 bits per heavy atom. The number of esters is 1. The fraction of sp³-hybridized carbons (Fsp3) is 0.423. The predicted molar refractivity (Wildman–Crippen MR) is 119 cm³/mol. The van der Waals surface area contributed by atoms with Crippen molar-refractivity contribution in [3.05, 3.63) is 71.8 Å². The molecule has 170 valence electrons. The third kappa shape index (κ3) is 4.24. The second-order valence-electron chi connectivity index (χ2n) is 8.81. The van der Waals surface area contributed by atoms with Gasteiger partial charge < -0.3 is 14.2 Å². The molecule has 2 heterocycles. The molecule has 2 fully saturated rings. The van der Waals surface area contributed by atoms with E-state index in [1.54, 1.807) is 0 Å². The number of nitriles is 2. The van der Waals surface area contributed by atoms with Crippen molar-refractivity contribution in [1.29, 1.82) is 10.5 Å². The van der Waals surface area contributed by atoms with Crippen LogP contribution in [0.25, 0.3) is 0 Å².